The van der Waals surface area contributed by atoms with Crippen LogP contribution in [0.15, 0.2) is 24.4 Å². The van der Waals surface area contributed by atoms with Crippen molar-refractivity contribution in [3.63, 3.8) is 0 Å². The van der Waals surface area contributed by atoms with Crippen molar-refractivity contribution in [2.24, 2.45) is 0 Å². The van der Waals surface area contributed by atoms with Crippen molar-refractivity contribution in [2.45, 2.75) is 63.6 Å². The predicted octanol–water partition coefficient (Wildman–Crippen LogP) is 1.80. The van der Waals surface area contributed by atoms with Crippen LogP contribution in [0, 0.1) is 0 Å². The Morgan fingerprint density at radius 2 is 1.50 bits per heavy atom. The lowest BCUT2D eigenvalue weighted by molar-refractivity contribution is -0.119. The van der Waals surface area contributed by atoms with Gasteiger partial charge in [-0.25, -0.2) is 9.78 Å². The van der Waals surface area contributed by atoms with E-state index in [1.165, 1.54) is 0 Å². The number of amides is 3. The van der Waals surface area contributed by atoms with Crippen LogP contribution in [0.5, 0.6) is 0 Å². The number of carbonyl (C=O) groups is 2. The van der Waals surface area contributed by atoms with Crippen molar-refractivity contribution in [1.82, 2.24) is 20.9 Å². The van der Waals surface area contributed by atoms with Crippen molar-refractivity contribution in [3.8, 4) is 0 Å². The van der Waals surface area contributed by atoms with Gasteiger partial charge in [0.2, 0.25) is 5.91 Å². The minimum atomic E-state index is -0.0655. The number of pyridine rings is 1. The van der Waals surface area contributed by atoms with Gasteiger partial charge in [0.1, 0.15) is 5.82 Å². The van der Waals surface area contributed by atoms with E-state index in [4.69, 9.17) is 0 Å². The molecule has 1 saturated heterocycles. The Hall–Kier alpha value is -2.31. The van der Waals surface area contributed by atoms with E-state index in [1.54, 1.807) is 6.92 Å². The zero-order chi connectivity index (χ0) is 18.4. The molecule has 2 fully saturated rings. The molecule has 2 heterocycles. The van der Waals surface area contributed by atoms with Gasteiger partial charge in [-0.1, -0.05) is 6.07 Å². The highest BCUT2D eigenvalue weighted by atomic mass is 16.2. The summed E-state index contributed by atoms with van der Waals surface area (Å²) in [4.78, 5) is 30.0. The Bertz CT molecular complexity index is 593. The van der Waals surface area contributed by atoms with E-state index in [9.17, 15) is 9.59 Å². The number of nitrogens with zero attached hydrogens (tertiary/aromatic N) is 2. The Morgan fingerprint density at radius 1 is 0.923 bits per heavy atom. The maximum atomic E-state index is 12.3. The van der Waals surface area contributed by atoms with Crippen LogP contribution in [0.4, 0.5) is 10.6 Å². The Balaban J connectivity index is 1.35. The van der Waals surface area contributed by atoms with Gasteiger partial charge in [0, 0.05) is 44.3 Å². The van der Waals surface area contributed by atoms with Gasteiger partial charge >= 0.3 is 6.03 Å². The molecule has 1 aliphatic carbocycles. The average molecular weight is 359 g/mol. The van der Waals surface area contributed by atoms with Crippen molar-refractivity contribution in [3.05, 3.63) is 24.4 Å². The lowest BCUT2D eigenvalue weighted by Gasteiger charge is -2.34. The molecule has 0 aromatic carbocycles. The molecule has 7 heteroatoms. The molecule has 0 unspecified atom stereocenters. The van der Waals surface area contributed by atoms with Gasteiger partial charge in [0.15, 0.2) is 0 Å². The first kappa shape index (κ1) is 18.5. The number of hydrogen-bond donors (Lipinski definition) is 3. The maximum Gasteiger partial charge on any atom is 0.315 e. The number of urea groups is 1. The average Bonchev–Trinajstić information content (AvgIpc) is 2.64. The second kappa shape index (κ2) is 8.87. The van der Waals surface area contributed by atoms with Gasteiger partial charge in [0.05, 0.1) is 0 Å². The van der Waals surface area contributed by atoms with E-state index < -0.39 is 0 Å². The molecule has 1 aromatic heterocycles. The Kier molecular flexibility index (Phi) is 6.30. The molecule has 142 valence electrons. The number of anilines is 1. The number of aromatic nitrogens is 1. The first-order chi connectivity index (χ1) is 12.6. The van der Waals surface area contributed by atoms with Crippen LogP contribution in [-0.4, -0.2) is 48.1 Å². The molecular formula is C19H29N5O2. The molecule has 7 nitrogen and oxygen atoms in total. The smallest absolute Gasteiger partial charge is 0.315 e. The molecule has 3 amide bonds. The molecule has 26 heavy (non-hydrogen) atoms. The molecule has 2 aliphatic rings. The third-order valence-electron chi connectivity index (χ3n) is 5.27. The summed E-state index contributed by atoms with van der Waals surface area (Å²) in [5.74, 6) is 1.03. The van der Waals surface area contributed by atoms with Crippen molar-refractivity contribution >= 4 is 17.8 Å². The third kappa shape index (κ3) is 5.34. The monoisotopic (exact) mass is 359 g/mol. The number of rotatable bonds is 4. The molecule has 0 radical (unpaired) electrons. The van der Waals surface area contributed by atoms with Crippen LogP contribution in [-0.2, 0) is 4.79 Å². The summed E-state index contributed by atoms with van der Waals surface area (Å²) in [6.07, 6.45) is 7.35. The summed E-state index contributed by atoms with van der Waals surface area (Å²) in [6, 6.07) is 6.55. The second-order valence-electron chi connectivity index (χ2n) is 7.32. The molecule has 0 atom stereocenters. The zero-order valence-electron chi connectivity index (χ0n) is 15.4. The lowest BCUT2D eigenvalue weighted by atomic mass is 9.91. The first-order valence-corrected chi connectivity index (χ1v) is 9.60. The SMILES string of the molecule is CC(=O)NC1CCC(NC(=O)NC2CCN(c3ccccn3)CC2)CC1. The number of piperidine rings is 1. The van der Waals surface area contributed by atoms with Gasteiger partial charge < -0.3 is 20.9 Å². The summed E-state index contributed by atoms with van der Waals surface area (Å²) >= 11 is 0. The number of nitrogens with one attached hydrogen (secondary N) is 3. The quantitative estimate of drug-likeness (QED) is 0.765. The standard InChI is InChI=1S/C19H29N5O2/c1-14(25)21-15-5-7-16(8-6-15)22-19(26)23-17-9-12-24(13-10-17)18-4-2-3-11-20-18/h2-4,11,15-17H,5-10,12-13H2,1H3,(H,21,25)(H2,22,23,26). The summed E-state index contributed by atoms with van der Waals surface area (Å²) in [6.45, 7) is 3.37. The molecule has 0 bridgehead atoms. The lowest BCUT2D eigenvalue weighted by Crippen LogP contribution is -2.51. The molecule has 1 aliphatic heterocycles. The third-order valence-corrected chi connectivity index (χ3v) is 5.27. The van der Waals surface area contributed by atoms with Crippen LogP contribution in [0.1, 0.15) is 45.4 Å². The first-order valence-electron chi connectivity index (χ1n) is 9.60. The topological polar surface area (TPSA) is 86.4 Å². The fourth-order valence-corrected chi connectivity index (χ4v) is 3.88. The highest BCUT2D eigenvalue weighted by molar-refractivity contribution is 5.74. The van der Waals surface area contributed by atoms with E-state index in [-0.39, 0.29) is 30.1 Å². The molecular weight excluding hydrogens is 330 g/mol. The van der Waals surface area contributed by atoms with E-state index in [0.29, 0.717) is 0 Å². The van der Waals surface area contributed by atoms with Gasteiger partial charge in [-0.05, 0) is 50.7 Å². The summed E-state index contributed by atoms with van der Waals surface area (Å²) < 4.78 is 0. The van der Waals surface area contributed by atoms with E-state index in [2.05, 4.69) is 25.8 Å². The van der Waals surface area contributed by atoms with Gasteiger partial charge in [-0.2, -0.15) is 0 Å². The normalized spacial score (nSPS) is 24.0. The molecule has 0 spiro atoms. The Morgan fingerprint density at radius 3 is 2.04 bits per heavy atom. The molecule has 1 saturated carbocycles. The minimum absolute atomic E-state index is 0.0243. The van der Waals surface area contributed by atoms with E-state index in [0.717, 1.165) is 57.4 Å². The van der Waals surface area contributed by atoms with Crippen LogP contribution >= 0.6 is 0 Å². The largest absolute Gasteiger partial charge is 0.356 e. The number of carbonyl (C=O) groups excluding carboxylic acids is 2. The molecule has 3 rings (SSSR count). The fraction of sp³-hybridized carbons (Fsp3) is 0.632. The zero-order valence-corrected chi connectivity index (χ0v) is 15.4. The van der Waals surface area contributed by atoms with Crippen molar-refractivity contribution < 1.29 is 9.59 Å². The summed E-state index contributed by atoms with van der Waals surface area (Å²) in [5, 5.41) is 9.17. The fourth-order valence-electron chi connectivity index (χ4n) is 3.88. The van der Waals surface area contributed by atoms with Crippen LogP contribution in [0.2, 0.25) is 0 Å². The highest BCUT2D eigenvalue weighted by Gasteiger charge is 2.25. The van der Waals surface area contributed by atoms with Crippen LogP contribution < -0.4 is 20.9 Å². The van der Waals surface area contributed by atoms with Crippen LogP contribution in [0.25, 0.3) is 0 Å². The molecule has 1 aromatic rings. The van der Waals surface area contributed by atoms with Gasteiger partial charge in [-0.3, -0.25) is 4.79 Å². The van der Waals surface area contributed by atoms with Gasteiger partial charge in [-0.15, -0.1) is 0 Å². The Labute approximate surface area is 154 Å². The van der Waals surface area contributed by atoms with Crippen molar-refractivity contribution in [1.29, 1.82) is 0 Å². The summed E-state index contributed by atoms with van der Waals surface area (Å²) in [5.41, 5.74) is 0. The van der Waals surface area contributed by atoms with E-state index >= 15 is 0 Å². The number of hydrogen-bond acceptors (Lipinski definition) is 4. The summed E-state index contributed by atoms with van der Waals surface area (Å²) in [7, 11) is 0. The van der Waals surface area contributed by atoms with E-state index in [1.807, 2.05) is 24.4 Å². The van der Waals surface area contributed by atoms with Gasteiger partial charge in [0.25, 0.3) is 0 Å². The minimum Gasteiger partial charge on any atom is -0.356 e. The second-order valence-corrected chi connectivity index (χ2v) is 7.32. The maximum absolute atomic E-state index is 12.3. The van der Waals surface area contributed by atoms with Crippen LogP contribution in [0.3, 0.4) is 0 Å². The highest BCUT2D eigenvalue weighted by Crippen LogP contribution is 2.19. The predicted molar refractivity (Wildman–Crippen MR) is 101 cm³/mol. The molecule has 3 N–H and O–H groups in total. The van der Waals surface area contributed by atoms with Crippen molar-refractivity contribution in [2.75, 3.05) is 18.0 Å².